The molecule has 0 aliphatic heterocycles. The first-order chi connectivity index (χ1) is 26.2. The van der Waals surface area contributed by atoms with Gasteiger partial charge in [-0.3, -0.25) is 4.90 Å². The zero-order valence-electron chi connectivity index (χ0n) is 38.2. The molecule has 0 amide bonds. The largest absolute Gasteiger partial charge is 1.00 e. The summed E-state index contributed by atoms with van der Waals surface area (Å²) in [6, 6.07) is -0.412. The molecule has 3 nitrogen and oxygen atoms in total. The van der Waals surface area contributed by atoms with E-state index in [9.17, 15) is 9.90 Å². The van der Waals surface area contributed by atoms with Gasteiger partial charge in [-0.15, -0.1) is 0 Å². The van der Waals surface area contributed by atoms with Gasteiger partial charge in [0.2, 0.25) is 0 Å². The van der Waals surface area contributed by atoms with Crippen molar-refractivity contribution >= 4 is 5.97 Å². The van der Waals surface area contributed by atoms with Crippen LogP contribution in [0.1, 0.15) is 297 Å². The molecule has 0 aromatic heterocycles. The fourth-order valence-corrected chi connectivity index (χ4v) is 8.49. The van der Waals surface area contributed by atoms with E-state index in [2.05, 4.69) is 18.7 Å². The van der Waals surface area contributed by atoms with Crippen molar-refractivity contribution in [2.75, 3.05) is 13.1 Å². The summed E-state index contributed by atoms with van der Waals surface area (Å²) >= 11 is 0. The van der Waals surface area contributed by atoms with Gasteiger partial charge in [0.25, 0.3) is 0 Å². The monoisotopic (exact) mass is 754 g/mol. The summed E-state index contributed by atoms with van der Waals surface area (Å²) in [4.78, 5) is 14.1. The molecule has 0 radical (unpaired) electrons. The maximum absolute atomic E-state index is 11.9. The van der Waals surface area contributed by atoms with Gasteiger partial charge in [0.1, 0.15) is 0 Å². The summed E-state index contributed by atoms with van der Waals surface area (Å²) in [7, 11) is 0. The number of unbranched alkanes of at least 4 members (excludes halogenated alkanes) is 40. The van der Waals surface area contributed by atoms with Crippen LogP contribution in [-0.4, -0.2) is 30.0 Å². The van der Waals surface area contributed by atoms with Gasteiger partial charge in [-0.25, -0.2) is 0 Å². The Kier molecular flexibility index (Phi) is 51.1. The summed E-state index contributed by atoms with van der Waals surface area (Å²) in [5, 5.41) is 11.9. The Labute approximate surface area is 354 Å². The van der Waals surface area contributed by atoms with Crippen molar-refractivity contribution in [3.8, 4) is 0 Å². The number of nitrogens with zero attached hydrogens (tertiary/aromatic N) is 1. The zero-order valence-corrected chi connectivity index (χ0v) is 38.2. The first-order valence-electron chi connectivity index (χ1n) is 25.1. The predicted molar refractivity (Wildman–Crippen MR) is 236 cm³/mol. The van der Waals surface area contributed by atoms with Crippen molar-refractivity contribution in [1.29, 1.82) is 0 Å². The molecule has 0 aromatic rings. The van der Waals surface area contributed by atoms with Crippen molar-refractivity contribution < 1.29 is 28.8 Å². The van der Waals surface area contributed by atoms with Crippen molar-refractivity contribution in [3.63, 3.8) is 0 Å². The van der Waals surface area contributed by atoms with E-state index in [4.69, 9.17) is 0 Å². The number of carbonyl (C=O) groups is 1. The van der Waals surface area contributed by atoms with Crippen molar-refractivity contribution in [2.45, 2.75) is 303 Å². The number of hydrogen-bond donors (Lipinski definition) is 0. The molecule has 0 spiro atoms. The zero-order chi connectivity index (χ0) is 38.6. The van der Waals surface area contributed by atoms with Crippen LogP contribution in [0.15, 0.2) is 0 Å². The van der Waals surface area contributed by atoms with Crippen molar-refractivity contribution in [1.82, 2.24) is 4.90 Å². The Morgan fingerprint density at radius 3 is 0.648 bits per heavy atom. The summed E-state index contributed by atoms with van der Waals surface area (Å²) in [6.45, 7) is 8.45. The van der Waals surface area contributed by atoms with E-state index in [0.29, 0.717) is 6.42 Å². The first-order valence-corrected chi connectivity index (χ1v) is 25.1. The van der Waals surface area contributed by atoms with Crippen molar-refractivity contribution in [2.24, 2.45) is 0 Å². The fraction of sp³-hybridized carbons (Fsp3) is 0.980. The molecule has 0 heterocycles. The molecule has 0 fully saturated rings. The van der Waals surface area contributed by atoms with Gasteiger partial charge < -0.3 is 9.90 Å². The number of carboxylic acids is 1. The van der Waals surface area contributed by atoms with Crippen LogP contribution in [0.25, 0.3) is 0 Å². The van der Waals surface area contributed by atoms with Crippen LogP contribution in [0.4, 0.5) is 0 Å². The molecule has 0 rings (SSSR count). The minimum Gasteiger partial charge on any atom is -0.548 e. The average Bonchev–Trinajstić information content (AvgIpc) is 3.15. The maximum Gasteiger partial charge on any atom is 1.00 e. The van der Waals surface area contributed by atoms with Crippen LogP contribution >= 0.6 is 0 Å². The molecular formula is C50H100LiNO2. The van der Waals surface area contributed by atoms with Crippen LogP contribution < -0.4 is 24.0 Å². The van der Waals surface area contributed by atoms with Crippen LogP contribution in [-0.2, 0) is 4.79 Å². The van der Waals surface area contributed by atoms with Gasteiger partial charge in [0, 0.05) is 6.04 Å². The van der Waals surface area contributed by atoms with E-state index < -0.39 is 12.0 Å². The van der Waals surface area contributed by atoms with E-state index in [1.54, 1.807) is 0 Å². The summed E-state index contributed by atoms with van der Waals surface area (Å²) in [5.74, 6) is -0.875. The third-order valence-electron chi connectivity index (χ3n) is 12.2. The molecular weight excluding hydrogens is 653 g/mol. The Balaban J connectivity index is 0. The summed E-state index contributed by atoms with van der Waals surface area (Å²) < 4.78 is 0. The molecule has 0 aromatic carbocycles. The van der Waals surface area contributed by atoms with Crippen molar-refractivity contribution in [3.05, 3.63) is 0 Å². The second-order valence-electron chi connectivity index (χ2n) is 17.4. The Bertz CT molecular complexity index is 642. The Morgan fingerprint density at radius 1 is 0.333 bits per heavy atom. The molecule has 0 bridgehead atoms. The third kappa shape index (κ3) is 43.2. The quantitative estimate of drug-likeness (QED) is 0.0459. The van der Waals surface area contributed by atoms with E-state index in [-0.39, 0.29) is 18.9 Å². The van der Waals surface area contributed by atoms with E-state index >= 15 is 0 Å². The van der Waals surface area contributed by atoms with Crippen LogP contribution in [0.3, 0.4) is 0 Å². The van der Waals surface area contributed by atoms with Gasteiger partial charge in [0.05, 0.1) is 5.97 Å². The number of aliphatic carboxylic acids is 1. The third-order valence-corrected chi connectivity index (χ3v) is 12.2. The number of hydrogen-bond acceptors (Lipinski definition) is 3. The van der Waals surface area contributed by atoms with Crippen LogP contribution in [0, 0.1) is 0 Å². The maximum atomic E-state index is 11.9. The second kappa shape index (κ2) is 49.2. The molecule has 1 atom stereocenters. The van der Waals surface area contributed by atoms with E-state index in [1.165, 1.54) is 257 Å². The topological polar surface area (TPSA) is 43.4 Å². The van der Waals surface area contributed by atoms with Gasteiger partial charge in [-0.1, -0.05) is 278 Å². The smallest absolute Gasteiger partial charge is 0.548 e. The molecule has 0 saturated carbocycles. The average molecular weight is 754 g/mol. The number of rotatable bonds is 47. The number of carbonyl (C=O) groups excluding carboxylic acids is 1. The van der Waals surface area contributed by atoms with E-state index in [1.807, 2.05) is 6.92 Å². The Hall–Kier alpha value is 0.0274. The molecule has 0 aliphatic rings. The van der Waals surface area contributed by atoms with Crippen LogP contribution in [0.5, 0.6) is 0 Å². The molecule has 1 unspecified atom stereocenters. The second-order valence-corrected chi connectivity index (χ2v) is 17.4. The normalized spacial score (nSPS) is 12.1. The SMILES string of the molecule is CCCCCCCCCCCCCCCCCCCCCCCN(CCCCCCCCCCCCCCCCCCCCCCC)C(CC)C(=O)[O-].[Li+]. The minimum atomic E-state index is -0.875. The molecule has 54 heavy (non-hydrogen) atoms. The first kappa shape index (κ1) is 56.1. The van der Waals surface area contributed by atoms with Gasteiger partial charge in [-0.2, -0.15) is 0 Å². The number of carboxylic acid groups (broad SMARTS) is 1. The van der Waals surface area contributed by atoms with Gasteiger partial charge in [-0.05, 0) is 32.4 Å². The fourth-order valence-electron chi connectivity index (χ4n) is 8.49. The molecule has 318 valence electrons. The van der Waals surface area contributed by atoms with Gasteiger partial charge >= 0.3 is 18.9 Å². The summed E-state index contributed by atoms with van der Waals surface area (Å²) in [5.41, 5.74) is 0. The van der Waals surface area contributed by atoms with Gasteiger partial charge in [0.15, 0.2) is 0 Å². The molecule has 4 heteroatoms. The van der Waals surface area contributed by atoms with Crippen LogP contribution in [0.2, 0.25) is 0 Å². The summed E-state index contributed by atoms with van der Waals surface area (Å²) in [6.07, 6.45) is 59.4. The minimum absolute atomic E-state index is 0. The standard InChI is InChI=1S/C50H101NO2.Li/c1-4-7-9-11-13-15-17-19-21-23-25-27-29-31-33-35-37-39-41-43-45-47-51(49(6-3)50(52)53)48-46-44-42-40-38-36-34-32-30-28-26-24-22-20-18-16-14-12-10-8-5-2;/h49H,4-48H2,1-3H3,(H,52,53);/q;+1/p-1. The molecule has 0 saturated heterocycles. The Morgan fingerprint density at radius 2 is 0.500 bits per heavy atom. The molecule has 0 aliphatic carbocycles. The predicted octanol–water partition coefficient (Wildman–Crippen LogP) is 13.2. The molecule has 0 N–H and O–H groups in total. The van der Waals surface area contributed by atoms with E-state index in [0.717, 1.165) is 25.9 Å².